The molecule has 6 nitrogen and oxygen atoms in total. The molecule has 0 aliphatic rings. The second-order valence-electron chi connectivity index (χ2n) is 4.18. The highest BCUT2D eigenvalue weighted by Gasteiger charge is 2.22. The molecule has 2 aromatic rings. The van der Waals surface area contributed by atoms with E-state index in [0.717, 1.165) is 0 Å². The molecule has 0 saturated heterocycles. The minimum absolute atomic E-state index is 0.0385. The summed E-state index contributed by atoms with van der Waals surface area (Å²) in [6.45, 7) is 1.69. The smallest absolute Gasteiger partial charge is 0.241 e. The van der Waals surface area contributed by atoms with Gasteiger partial charge in [-0.25, -0.2) is 18.1 Å². The Hall–Kier alpha value is -1.77. The summed E-state index contributed by atoms with van der Waals surface area (Å²) in [5.41, 5.74) is 5.88. The van der Waals surface area contributed by atoms with E-state index >= 15 is 0 Å². The van der Waals surface area contributed by atoms with Crippen molar-refractivity contribution in [1.82, 2.24) is 14.7 Å². The number of benzene rings is 1. The van der Waals surface area contributed by atoms with Crippen molar-refractivity contribution in [2.75, 3.05) is 0 Å². The maximum Gasteiger partial charge on any atom is 0.241 e. The average Bonchev–Trinajstić information content (AvgIpc) is 2.92. The number of thiocarbonyl (C=S) groups is 1. The largest absolute Gasteiger partial charge is 0.389 e. The van der Waals surface area contributed by atoms with Crippen molar-refractivity contribution in [3.63, 3.8) is 0 Å². The number of hydrogen-bond acceptors (Lipinski definition) is 4. The molecule has 1 unspecified atom stereocenters. The van der Waals surface area contributed by atoms with Crippen LogP contribution in [0.25, 0.3) is 0 Å². The Morgan fingerprint density at radius 2 is 2.15 bits per heavy atom. The normalized spacial score (nSPS) is 13.1. The average molecular weight is 310 g/mol. The molecule has 0 aliphatic carbocycles. The highest BCUT2D eigenvalue weighted by Crippen LogP contribution is 2.18. The summed E-state index contributed by atoms with van der Waals surface area (Å²) in [6, 6.07) is 5.85. The zero-order valence-corrected chi connectivity index (χ0v) is 12.3. The van der Waals surface area contributed by atoms with Crippen molar-refractivity contribution >= 4 is 27.2 Å². The van der Waals surface area contributed by atoms with Crippen molar-refractivity contribution in [3.8, 4) is 0 Å². The number of rotatable bonds is 5. The predicted molar refractivity (Wildman–Crippen MR) is 79.7 cm³/mol. The number of H-pyrrole nitrogens is 1. The first-order valence-electron chi connectivity index (χ1n) is 5.82. The van der Waals surface area contributed by atoms with Gasteiger partial charge in [0.15, 0.2) is 0 Å². The van der Waals surface area contributed by atoms with E-state index in [0.29, 0.717) is 11.4 Å². The van der Waals surface area contributed by atoms with Crippen LogP contribution in [0.1, 0.15) is 24.4 Å². The van der Waals surface area contributed by atoms with Crippen LogP contribution in [-0.2, 0) is 10.0 Å². The highest BCUT2D eigenvalue weighted by atomic mass is 32.2. The summed E-state index contributed by atoms with van der Waals surface area (Å²) < 4.78 is 27.3. The molecule has 1 aromatic heterocycles. The molecule has 0 amide bonds. The molecular formula is C12H14N4O2S2. The van der Waals surface area contributed by atoms with Gasteiger partial charge >= 0.3 is 0 Å². The molecule has 0 aliphatic heterocycles. The number of imidazole rings is 1. The van der Waals surface area contributed by atoms with E-state index in [1.165, 1.54) is 6.07 Å². The van der Waals surface area contributed by atoms with Gasteiger partial charge in [-0.1, -0.05) is 30.4 Å². The Labute approximate surface area is 122 Å². The molecule has 4 N–H and O–H groups in total. The van der Waals surface area contributed by atoms with E-state index in [-0.39, 0.29) is 9.88 Å². The van der Waals surface area contributed by atoms with E-state index in [9.17, 15) is 8.42 Å². The monoisotopic (exact) mass is 310 g/mol. The fraction of sp³-hybridized carbons (Fsp3) is 0.167. The molecule has 8 heteroatoms. The zero-order valence-electron chi connectivity index (χ0n) is 10.7. The molecule has 2 rings (SSSR count). The standard InChI is InChI=1S/C12H14N4O2S2/c1-8(12-14-6-7-15-12)16-20(17,18)10-5-3-2-4-9(10)11(13)19/h2-8,16H,1H3,(H2,13,19)(H,14,15). The molecule has 1 aromatic carbocycles. The third kappa shape index (κ3) is 3.03. The summed E-state index contributed by atoms with van der Waals surface area (Å²) in [5, 5.41) is 0. The number of aromatic nitrogens is 2. The van der Waals surface area contributed by atoms with Crippen molar-refractivity contribution in [2.24, 2.45) is 5.73 Å². The lowest BCUT2D eigenvalue weighted by atomic mass is 10.2. The minimum Gasteiger partial charge on any atom is -0.389 e. The molecule has 106 valence electrons. The summed E-state index contributed by atoms with van der Waals surface area (Å²) in [5.74, 6) is 0.529. The Morgan fingerprint density at radius 3 is 2.75 bits per heavy atom. The van der Waals surface area contributed by atoms with Gasteiger partial charge in [0.2, 0.25) is 10.0 Å². The molecule has 0 radical (unpaired) electrons. The van der Waals surface area contributed by atoms with Crippen molar-refractivity contribution < 1.29 is 8.42 Å². The number of aromatic amines is 1. The van der Waals surface area contributed by atoms with Crippen molar-refractivity contribution in [3.05, 3.63) is 48.0 Å². The van der Waals surface area contributed by atoms with Crippen LogP contribution >= 0.6 is 12.2 Å². The quantitative estimate of drug-likeness (QED) is 0.718. The Kier molecular flexibility index (Phi) is 4.17. The van der Waals surface area contributed by atoms with Gasteiger partial charge in [-0.15, -0.1) is 0 Å². The molecule has 1 atom stereocenters. The molecule has 0 saturated carbocycles. The van der Waals surface area contributed by atoms with Gasteiger partial charge < -0.3 is 10.7 Å². The third-order valence-corrected chi connectivity index (χ3v) is 4.52. The van der Waals surface area contributed by atoms with E-state index in [1.807, 2.05) is 0 Å². The molecule has 1 heterocycles. The number of nitrogens with zero attached hydrogens (tertiary/aromatic N) is 1. The summed E-state index contributed by atoms with van der Waals surface area (Å²) in [7, 11) is -3.74. The number of sulfonamides is 1. The number of hydrogen-bond donors (Lipinski definition) is 3. The van der Waals surface area contributed by atoms with Crippen LogP contribution in [0, 0.1) is 0 Å². The van der Waals surface area contributed by atoms with Crippen LogP contribution in [0.3, 0.4) is 0 Å². The van der Waals surface area contributed by atoms with Crippen LogP contribution in [-0.4, -0.2) is 23.4 Å². The fourth-order valence-corrected chi connectivity index (χ4v) is 3.44. The molecule has 0 bridgehead atoms. The third-order valence-electron chi connectivity index (χ3n) is 2.70. The number of nitrogens with one attached hydrogen (secondary N) is 2. The zero-order chi connectivity index (χ0) is 14.8. The lowest BCUT2D eigenvalue weighted by Crippen LogP contribution is -2.29. The predicted octanol–water partition coefficient (Wildman–Crippen LogP) is 1.08. The summed E-state index contributed by atoms with van der Waals surface area (Å²) in [4.78, 5) is 6.98. The maximum atomic E-state index is 12.4. The molecule has 0 fully saturated rings. The summed E-state index contributed by atoms with van der Waals surface area (Å²) in [6.07, 6.45) is 3.19. The van der Waals surface area contributed by atoms with Crippen molar-refractivity contribution in [1.29, 1.82) is 0 Å². The lowest BCUT2D eigenvalue weighted by molar-refractivity contribution is 0.561. The number of nitrogens with two attached hydrogens (primary N) is 1. The molecular weight excluding hydrogens is 296 g/mol. The Morgan fingerprint density at radius 1 is 1.45 bits per heavy atom. The van der Waals surface area contributed by atoms with Gasteiger partial charge in [0.1, 0.15) is 10.8 Å². The fourth-order valence-electron chi connectivity index (χ4n) is 1.77. The van der Waals surface area contributed by atoms with E-state index in [1.54, 1.807) is 37.5 Å². The van der Waals surface area contributed by atoms with E-state index in [4.69, 9.17) is 18.0 Å². The lowest BCUT2D eigenvalue weighted by Gasteiger charge is -2.14. The maximum absolute atomic E-state index is 12.4. The van der Waals surface area contributed by atoms with Gasteiger partial charge in [-0.05, 0) is 13.0 Å². The molecule has 0 spiro atoms. The van der Waals surface area contributed by atoms with Crippen LogP contribution in [0.2, 0.25) is 0 Å². The van der Waals surface area contributed by atoms with Gasteiger partial charge in [0.05, 0.1) is 10.9 Å². The van der Waals surface area contributed by atoms with Gasteiger partial charge in [-0.3, -0.25) is 0 Å². The second kappa shape index (κ2) is 5.70. The second-order valence-corrected chi connectivity index (χ2v) is 6.30. The van der Waals surface area contributed by atoms with Gasteiger partial charge in [0.25, 0.3) is 0 Å². The van der Waals surface area contributed by atoms with Gasteiger partial charge in [0, 0.05) is 18.0 Å². The highest BCUT2D eigenvalue weighted by molar-refractivity contribution is 7.89. The first kappa shape index (κ1) is 14.6. The van der Waals surface area contributed by atoms with Crippen LogP contribution in [0.4, 0.5) is 0 Å². The van der Waals surface area contributed by atoms with Crippen LogP contribution in [0.15, 0.2) is 41.6 Å². The molecule has 20 heavy (non-hydrogen) atoms. The first-order chi connectivity index (χ1) is 9.42. The van der Waals surface area contributed by atoms with E-state index < -0.39 is 16.1 Å². The summed E-state index contributed by atoms with van der Waals surface area (Å²) >= 11 is 4.88. The van der Waals surface area contributed by atoms with Gasteiger partial charge in [-0.2, -0.15) is 0 Å². The van der Waals surface area contributed by atoms with Crippen LogP contribution < -0.4 is 10.5 Å². The van der Waals surface area contributed by atoms with E-state index in [2.05, 4.69) is 14.7 Å². The van der Waals surface area contributed by atoms with Crippen LogP contribution in [0.5, 0.6) is 0 Å². The minimum atomic E-state index is -3.74. The Balaban J connectivity index is 2.34. The topological polar surface area (TPSA) is 101 Å². The SMILES string of the molecule is CC(NS(=O)(=O)c1ccccc1C(N)=S)c1ncc[nH]1. The Bertz CT molecular complexity index is 711. The van der Waals surface area contributed by atoms with Crippen molar-refractivity contribution in [2.45, 2.75) is 17.9 Å². The first-order valence-corrected chi connectivity index (χ1v) is 7.71.